The SMILES string of the molecule is C=C(CCCOc1cc2ncnc(Oc3ccc4[nH]c(C)cc4c3F)c2cc1OC)N1CCC2(CC1)COC2. The number of fused-ring (bicyclic) bond motifs is 2. The number of methoxy groups -OCH3 is 1. The lowest BCUT2D eigenvalue weighted by Crippen LogP contribution is -2.50. The average molecular weight is 533 g/mol. The fourth-order valence-electron chi connectivity index (χ4n) is 5.46. The lowest BCUT2D eigenvalue weighted by Gasteiger charge is -2.48. The average Bonchev–Trinajstić information content (AvgIpc) is 3.32. The van der Waals surface area contributed by atoms with Gasteiger partial charge in [-0.25, -0.2) is 14.4 Å². The Bertz CT molecular complexity index is 1520. The highest BCUT2D eigenvalue weighted by Crippen LogP contribution is 2.40. The fourth-order valence-corrected chi connectivity index (χ4v) is 5.46. The highest BCUT2D eigenvalue weighted by Gasteiger charge is 2.41. The molecule has 8 nitrogen and oxygen atoms in total. The van der Waals surface area contributed by atoms with Crippen LogP contribution in [0.2, 0.25) is 0 Å². The van der Waals surface area contributed by atoms with Crippen LogP contribution >= 0.6 is 0 Å². The molecule has 0 bridgehead atoms. The molecule has 2 aliphatic heterocycles. The first kappa shape index (κ1) is 25.4. The predicted molar refractivity (Wildman–Crippen MR) is 147 cm³/mol. The van der Waals surface area contributed by atoms with Crippen molar-refractivity contribution in [3.8, 4) is 23.1 Å². The van der Waals surface area contributed by atoms with E-state index in [-0.39, 0.29) is 11.6 Å². The molecule has 2 aromatic carbocycles. The number of allylic oxidation sites excluding steroid dienone is 1. The number of halogens is 1. The molecule has 0 aliphatic carbocycles. The van der Waals surface area contributed by atoms with Gasteiger partial charge in [-0.3, -0.25) is 0 Å². The Balaban J connectivity index is 1.11. The van der Waals surface area contributed by atoms with Crippen LogP contribution in [0, 0.1) is 18.2 Å². The van der Waals surface area contributed by atoms with Crippen LogP contribution in [0.4, 0.5) is 4.39 Å². The van der Waals surface area contributed by atoms with Gasteiger partial charge in [-0.1, -0.05) is 6.58 Å². The third-order valence-electron chi connectivity index (χ3n) is 7.88. The van der Waals surface area contributed by atoms with E-state index in [0.717, 1.165) is 50.5 Å². The maximum absolute atomic E-state index is 15.1. The number of nitrogens with zero attached hydrogens (tertiary/aromatic N) is 3. The van der Waals surface area contributed by atoms with Crippen molar-refractivity contribution in [2.75, 3.05) is 40.0 Å². The summed E-state index contributed by atoms with van der Waals surface area (Å²) in [6.07, 6.45) is 5.46. The molecular formula is C30H33FN4O4. The van der Waals surface area contributed by atoms with Crippen LogP contribution in [0.15, 0.2) is 48.9 Å². The van der Waals surface area contributed by atoms with Crippen LogP contribution in [-0.4, -0.2) is 59.9 Å². The summed E-state index contributed by atoms with van der Waals surface area (Å²) in [5.41, 5.74) is 3.78. The third-order valence-corrected chi connectivity index (χ3v) is 7.88. The van der Waals surface area contributed by atoms with E-state index in [1.54, 1.807) is 37.4 Å². The van der Waals surface area contributed by atoms with Gasteiger partial charge in [-0.2, -0.15) is 0 Å². The molecular weight excluding hydrogens is 499 g/mol. The second-order valence-corrected chi connectivity index (χ2v) is 10.6. The molecule has 4 heterocycles. The summed E-state index contributed by atoms with van der Waals surface area (Å²) in [6, 6.07) is 8.70. The number of benzene rings is 2. The molecule has 9 heteroatoms. The number of aromatic nitrogens is 3. The van der Waals surface area contributed by atoms with Crippen molar-refractivity contribution in [3.05, 3.63) is 60.4 Å². The van der Waals surface area contributed by atoms with Crippen LogP contribution in [0.1, 0.15) is 31.4 Å². The minimum absolute atomic E-state index is 0.0888. The number of aryl methyl sites for hydroxylation is 1. The molecule has 2 fully saturated rings. The van der Waals surface area contributed by atoms with Crippen molar-refractivity contribution >= 4 is 21.8 Å². The smallest absolute Gasteiger partial charge is 0.230 e. The van der Waals surface area contributed by atoms with Gasteiger partial charge < -0.3 is 28.8 Å². The number of hydrogen-bond acceptors (Lipinski definition) is 7. The number of likely N-dealkylation sites (tertiary alicyclic amines) is 1. The number of hydrogen-bond donors (Lipinski definition) is 1. The van der Waals surface area contributed by atoms with Crippen molar-refractivity contribution in [2.45, 2.75) is 32.6 Å². The van der Waals surface area contributed by atoms with E-state index in [9.17, 15) is 0 Å². The van der Waals surface area contributed by atoms with E-state index in [2.05, 4.69) is 26.4 Å². The molecule has 0 amide bonds. The molecule has 0 saturated carbocycles. The van der Waals surface area contributed by atoms with Crippen molar-refractivity contribution in [3.63, 3.8) is 0 Å². The summed E-state index contributed by atoms with van der Waals surface area (Å²) in [4.78, 5) is 14.2. The summed E-state index contributed by atoms with van der Waals surface area (Å²) in [5.74, 6) is 0.996. The summed E-state index contributed by atoms with van der Waals surface area (Å²) in [7, 11) is 1.58. The normalized spacial score (nSPS) is 16.4. The maximum Gasteiger partial charge on any atom is 0.230 e. The Morgan fingerprint density at radius 1 is 1.10 bits per heavy atom. The van der Waals surface area contributed by atoms with E-state index in [1.807, 2.05) is 6.92 Å². The number of aromatic amines is 1. The fraction of sp³-hybridized carbons (Fsp3) is 0.400. The van der Waals surface area contributed by atoms with Gasteiger partial charge in [0, 0.05) is 46.9 Å². The van der Waals surface area contributed by atoms with Crippen molar-refractivity contribution in [2.24, 2.45) is 5.41 Å². The quantitative estimate of drug-likeness (QED) is 0.259. The zero-order chi connectivity index (χ0) is 27.0. The van der Waals surface area contributed by atoms with E-state index in [1.165, 1.54) is 19.2 Å². The van der Waals surface area contributed by atoms with Gasteiger partial charge in [0.1, 0.15) is 6.33 Å². The Hall–Kier alpha value is -3.85. The molecule has 2 saturated heterocycles. The molecule has 0 radical (unpaired) electrons. The largest absolute Gasteiger partial charge is 0.493 e. The molecule has 1 N–H and O–H groups in total. The number of rotatable bonds is 9. The van der Waals surface area contributed by atoms with Crippen LogP contribution in [0.5, 0.6) is 23.1 Å². The topological polar surface area (TPSA) is 81.7 Å². The second kappa shape index (κ2) is 10.4. The third kappa shape index (κ3) is 4.98. The minimum Gasteiger partial charge on any atom is -0.493 e. The molecule has 0 atom stereocenters. The number of H-pyrrole nitrogens is 1. The lowest BCUT2D eigenvalue weighted by atomic mass is 9.76. The highest BCUT2D eigenvalue weighted by atomic mass is 19.1. The van der Waals surface area contributed by atoms with Crippen LogP contribution in [-0.2, 0) is 4.74 Å². The first-order valence-corrected chi connectivity index (χ1v) is 13.4. The molecule has 0 unspecified atom stereocenters. The zero-order valence-corrected chi connectivity index (χ0v) is 22.4. The van der Waals surface area contributed by atoms with Crippen LogP contribution in [0.25, 0.3) is 21.8 Å². The highest BCUT2D eigenvalue weighted by molar-refractivity contribution is 5.87. The van der Waals surface area contributed by atoms with Gasteiger partial charge in [0.05, 0.1) is 37.8 Å². The van der Waals surface area contributed by atoms with Gasteiger partial charge >= 0.3 is 0 Å². The van der Waals surface area contributed by atoms with E-state index in [0.29, 0.717) is 45.3 Å². The van der Waals surface area contributed by atoms with Crippen LogP contribution < -0.4 is 14.2 Å². The standard InChI is InChI=1S/C30H33FN4O4/c1-19-13-21-23(34-19)6-7-25(28(21)31)39-29-22-14-26(36-3)27(15-24(22)32-18-33-29)38-12-4-5-20(2)35-10-8-30(9-11-35)16-37-17-30/h6-7,13-15,18,34H,2,4-5,8-12,16-17H2,1,3H3. The molecule has 2 aromatic heterocycles. The second-order valence-electron chi connectivity index (χ2n) is 10.6. The predicted octanol–water partition coefficient (Wildman–Crippen LogP) is 6.14. The van der Waals surface area contributed by atoms with Gasteiger partial charge in [0.15, 0.2) is 23.1 Å². The van der Waals surface area contributed by atoms with Crippen molar-refractivity contribution < 1.29 is 23.3 Å². The maximum atomic E-state index is 15.1. The Labute approximate surface area is 226 Å². The molecule has 4 aromatic rings. The van der Waals surface area contributed by atoms with E-state index >= 15 is 4.39 Å². The Morgan fingerprint density at radius 3 is 2.67 bits per heavy atom. The van der Waals surface area contributed by atoms with Crippen molar-refractivity contribution in [1.29, 1.82) is 0 Å². The summed E-state index contributed by atoms with van der Waals surface area (Å²) >= 11 is 0. The number of ether oxygens (including phenoxy) is 4. The first-order chi connectivity index (χ1) is 18.9. The summed E-state index contributed by atoms with van der Waals surface area (Å²) < 4.78 is 38.2. The van der Waals surface area contributed by atoms with Crippen LogP contribution in [0.3, 0.4) is 0 Å². The Morgan fingerprint density at radius 2 is 1.92 bits per heavy atom. The molecule has 204 valence electrons. The number of nitrogens with one attached hydrogen (secondary N) is 1. The van der Waals surface area contributed by atoms with E-state index < -0.39 is 5.82 Å². The lowest BCUT2D eigenvalue weighted by molar-refractivity contribution is -0.137. The summed E-state index contributed by atoms with van der Waals surface area (Å²) in [6.45, 7) is 10.6. The zero-order valence-electron chi connectivity index (χ0n) is 22.4. The molecule has 2 aliphatic rings. The molecule has 6 rings (SSSR count). The van der Waals surface area contributed by atoms with Gasteiger partial charge in [0.25, 0.3) is 0 Å². The van der Waals surface area contributed by atoms with Gasteiger partial charge in [-0.15, -0.1) is 0 Å². The van der Waals surface area contributed by atoms with Crippen molar-refractivity contribution in [1.82, 2.24) is 19.9 Å². The number of piperidine rings is 1. The minimum atomic E-state index is -0.446. The first-order valence-electron chi connectivity index (χ1n) is 13.4. The molecule has 1 spiro atoms. The Kier molecular flexibility index (Phi) is 6.76. The monoisotopic (exact) mass is 532 g/mol. The molecule has 39 heavy (non-hydrogen) atoms. The van der Waals surface area contributed by atoms with Gasteiger partial charge in [-0.05, 0) is 56.9 Å². The summed E-state index contributed by atoms with van der Waals surface area (Å²) in [5, 5.41) is 1.07. The van der Waals surface area contributed by atoms with E-state index in [4.69, 9.17) is 18.9 Å². The van der Waals surface area contributed by atoms with Gasteiger partial charge in [0.2, 0.25) is 5.88 Å².